The normalized spacial score (nSPS) is 43.3. The van der Waals surface area contributed by atoms with Crippen LogP contribution in [0.2, 0.25) is 0 Å². The predicted octanol–water partition coefficient (Wildman–Crippen LogP) is 3.08. The molecular formula is C16H20O2. The first-order valence-corrected chi connectivity index (χ1v) is 7.18. The summed E-state index contributed by atoms with van der Waals surface area (Å²) in [7, 11) is 0. The molecule has 3 aliphatic carbocycles. The van der Waals surface area contributed by atoms with E-state index in [1.54, 1.807) is 0 Å². The van der Waals surface area contributed by atoms with Gasteiger partial charge in [0.05, 0.1) is 0 Å². The lowest BCUT2D eigenvalue weighted by atomic mass is 9.52. The molecule has 0 unspecified atom stereocenters. The number of allylic oxidation sites excluding steroid dienone is 4. The first-order chi connectivity index (χ1) is 8.79. The number of carbonyl (C=O) groups excluding carboxylic acids is 2. The Morgan fingerprint density at radius 3 is 1.67 bits per heavy atom. The Labute approximate surface area is 108 Å². The smallest absolute Gasteiger partial charge is 0.137 e. The van der Waals surface area contributed by atoms with Gasteiger partial charge in [-0.1, -0.05) is 24.3 Å². The van der Waals surface area contributed by atoms with Crippen molar-refractivity contribution in [3.63, 3.8) is 0 Å². The molecule has 0 aromatic rings. The first kappa shape index (κ1) is 11.9. The number of hydrogen-bond acceptors (Lipinski definition) is 2. The van der Waals surface area contributed by atoms with Gasteiger partial charge in [-0.25, -0.2) is 0 Å². The van der Waals surface area contributed by atoms with Crippen LogP contribution in [0.1, 0.15) is 38.5 Å². The van der Waals surface area contributed by atoms with E-state index < -0.39 is 0 Å². The van der Waals surface area contributed by atoms with Gasteiger partial charge in [0.15, 0.2) is 0 Å². The molecule has 3 aliphatic rings. The summed E-state index contributed by atoms with van der Waals surface area (Å²) < 4.78 is 0. The van der Waals surface area contributed by atoms with Crippen molar-refractivity contribution >= 4 is 11.6 Å². The van der Waals surface area contributed by atoms with E-state index in [1.807, 2.05) is 0 Å². The van der Waals surface area contributed by atoms with Crippen LogP contribution in [-0.2, 0) is 9.59 Å². The van der Waals surface area contributed by atoms with Crippen molar-refractivity contribution in [1.82, 2.24) is 0 Å². The van der Waals surface area contributed by atoms with Crippen LogP contribution in [0.3, 0.4) is 0 Å². The van der Waals surface area contributed by atoms with Gasteiger partial charge in [-0.3, -0.25) is 9.59 Å². The highest BCUT2D eigenvalue weighted by molar-refractivity contribution is 5.93. The fraction of sp³-hybridized carbons (Fsp3) is 0.625. The third-order valence-corrected chi connectivity index (χ3v) is 4.71. The van der Waals surface area contributed by atoms with E-state index in [0.29, 0.717) is 36.2 Å². The predicted molar refractivity (Wildman–Crippen MR) is 70.0 cm³/mol. The second kappa shape index (κ2) is 4.83. The van der Waals surface area contributed by atoms with Crippen molar-refractivity contribution in [2.24, 2.45) is 23.7 Å². The largest absolute Gasteiger partial charge is 0.299 e. The van der Waals surface area contributed by atoms with Gasteiger partial charge >= 0.3 is 0 Å². The summed E-state index contributed by atoms with van der Waals surface area (Å²) in [6.45, 7) is 0. The Hall–Kier alpha value is -1.18. The number of rotatable bonds is 0. The highest BCUT2D eigenvalue weighted by atomic mass is 16.1. The van der Waals surface area contributed by atoms with Crippen molar-refractivity contribution in [1.29, 1.82) is 0 Å². The number of hydrogen-bond donors (Lipinski definition) is 0. The molecule has 18 heavy (non-hydrogen) atoms. The van der Waals surface area contributed by atoms with Crippen LogP contribution in [0, 0.1) is 23.7 Å². The van der Waals surface area contributed by atoms with Crippen molar-refractivity contribution in [2.45, 2.75) is 38.5 Å². The quantitative estimate of drug-likeness (QED) is 0.614. The van der Waals surface area contributed by atoms with Gasteiger partial charge in [0.25, 0.3) is 0 Å². The number of Topliss-reactive ketones (excluding diaryl/α,β-unsaturated/α-hetero) is 2. The fourth-order valence-electron chi connectivity index (χ4n) is 3.77. The fourth-order valence-corrected chi connectivity index (χ4v) is 3.77. The second-order valence-corrected chi connectivity index (χ2v) is 5.78. The third-order valence-electron chi connectivity index (χ3n) is 4.71. The minimum atomic E-state index is -0.0122. The highest BCUT2D eigenvalue weighted by Crippen LogP contribution is 2.51. The van der Waals surface area contributed by atoms with Gasteiger partial charge in [-0.05, 0) is 37.5 Å². The Morgan fingerprint density at radius 2 is 1.22 bits per heavy atom. The molecule has 0 aromatic carbocycles. The lowest BCUT2D eigenvalue weighted by Gasteiger charge is -2.49. The topological polar surface area (TPSA) is 34.1 Å². The van der Waals surface area contributed by atoms with Crippen LogP contribution >= 0.6 is 0 Å². The van der Waals surface area contributed by atoms with Gasteiger partial charge in [-0.2, -0.15) is 0 Å². The van der Waals surface area contributed by atoms with Gasteiger partial charge < -0.3 is 0 Å². The summed E-state index contributed by atoms with van der Waals surface area (Å²) in [5, 5.41) is 0. The minimum absolute atomic E-state index is 0.0122. The van der Waals surface area contributed by atoms with Crippen LogP contribution in [-0.4, -0.2) is 11.6 Å². The first-order valence-electron chi connectivity index (χ1n) is 7.18. The Kier molecular flexibility index (Phi) is 3.19. The monoisotopic (exact) mass is 244 g/mol. The summed E-state index contributed by atoms with van der Waals surface area (Å²) in [6, 6.07) is 0. The van der Waals surface area contributed by atoms with Gasteiger partial charge in [0.2, 0.25) is 0 Å². The van der Waals surface area contributed by atoms with Crippen molar-refractivity contribution in [3.8, 4) is 0 Å². The van der Waals surface area contributed by atoms with E-state index in [0.717, 1.165) is 25.7 Å². The van der Waals surface area contributed by atoms with Crippen molar-refractivity contribution < 1.29 is 9.59 Å². The minimum Gasteiger partial charge on any atom is -0.299 e. The number of ketones is 2. The van der Waals surface area contributed by atoms with Crippen LogP contribution in [0.5, 0.6) is 0 Å². The molecule has 0 bridgehead atoms. The molecule has 96 valence electrons. The standard InChI is InChI=1S/C16H20O2/c17-13-9-5-1-3-7-11-12-8-4-2-6-10-14(18)16(12)15(11)13/h3-4,7-8,11-12,15-16H,1-2,5-6,9-10H2/b7-3-,8-4-/t11-,12-,15-,16+/m1/s1. The Morgan fingerprint density at radius 1 is 0.778 bits per heavy atom. The van der Waals surface area contributed by atoms with E-state index in [2.05, 4.69) is 24.3 Å². The van der Waals surface area contributed by atoms with E-state index in [9.17, 15) is 9.59 Å². The van der Waals surface area contributed by atoms with Crippen molar-refractivity contribution in [2.75, 3.05) is 0 Å². The molecule has 0 saturated heterocycles. The molecule has 0 aliphatic heterocycles. The summed E-state index contributed by atoms with van der Waals surface area (Å²) in [6.07, 6.45) is 14.0. The SMILES string of the molecule is O=C1CCC/C=C\[C@@H]2[C@H]3/C=C\CCCC(=O)[C@@H]3[C@H]12. The van der Waals surface area contributed by atoms with Crippen LogP contribution in [0.15, 0.2) is 24.3 Å². The zero-order valence-corrected chi connectivity index (χ0v) is 10.7. The van der Waals surface area contributed by atoms with Crippen LogP contribution in [0.25, 0.3) is 0 Å². The molecule has 0 aromatic heterocycles. The van der Waals surface area contributed by atoms with E-state index >= 15 is 0 Å². The van der Waals surface area contributed by atoms with E-state index in [1.165, 1.54) is 0 Å². The maximum atomic E-state index is 12.2. The number of carbonyl (C=O) groups is 2. The summed E-state index contributed by atoms with van der Waals surface area (Å²) in [5.41, 5.74) is 0. The molecule has 1 saturated carbocycles. The van der Waals surface area contributed by atoms with Gasteiger partial charge in [0, 0.05) is 24.7 Å². The maximum absolute atomic E-state index is 12.2. The van der Waals surface area contributed by atoms with E-state index in [-0.39, 0.29) is 11.8 Å². The summed E-state index contributed by atoms with van der Waals surface area (Å²) in [5.74, 6) is 1.21. The zero-order chi connectivity index (χ0) is 12.5. The molecule has 0 spiro atoms. The lowest BCUT2D eigenvalue weighted by molar-refractivity contribution is -0.145. The molecule has 2 heteroatoms. The highest BCUT2D eigenvalue weighted by Gasteiger charge is 2.53. The van der Waals surface area contributed by atoms with Crippen LogP contribution < -0.4 is 0 Å². The Balaban J connectivity index is 1.91. The van der Waals surface area contributed by atoms with Gasteiger partial charge in [0.1, 0.15) is 11.6 Å². The molecule has 3 rings (SSSR count). The van der Waals surface area contributed by atoms with Crippen molar-refractivity contribution in [3.05, 3.63) is 24.3 Å². The molecule has 1 fully saturated rings. The average molecular weight is 244 g/mol. The lowest BCUT2D eigenvalue weighted by Crippen LogP contribution is -2.53. The summed E-state index contributed by atoms with van der Waals surface area (Å²) >= 11 is 0. The van der Waals surface area contributed by atoms with Crippen LogP contribution in [0.4, 0.5) is 0 Å². The third kappa shape index (κ3) is 1.88. The Bertz CT molecular complexity index is 379. The zero-order valence-electron chi connectivity index (χ0n) is 10.7. The molecule has 2 nitrogen and oxygen atoms in total. The molecule has 0 N–H and O–H groups in total. The second-order valence-electron chi connectivity index (χ2n) is 5.78. The maximum Gasteiger partial charge on any atom is 0.137 e. The molecule has 0 radical (unpaired) electrons. The molecular weight excluding hydrogens is 224 g/mol. The summed E-state index contributed by atoms with van der Waals surface area (Å²) in [4.78, 5) is 24.4. The van der Waals surface area contributed by atoms with Gasteiger partial charge in [-0.15, -0.1) is 0 Å². The average Bonchev–Trinajstić information content (AvgIpc) is 2.31. The number of fused-ring (bicyclic) bond motifs is 4. The molecule has 4 atom stereocenters. The molecule has 0 heterocycles. The van der Waals surface area contributed by atoms with E-state index in [4.69, 9.17) is 0 Å². The molecule has 0 amide bonds.